The zero-order chi connectivity index (χ0) is 11.8. The Kier molecular flexibility index (Phi) is 2.26. The summed E-state index contributed by atoms with van der Waals surface area (Å²) in [5.41, 5.74) is 8.55. The Morgan fingerprint density at radius 1 is 1.18 bits per heavy atom. The van der Waals surface area contributed by atoms with E-state index in [0.29, 0.717) is 5.95 Å². The average molecular weight is 242 g/mol. The van der Waals surface area contributed by atoms with Crippen LogP contribution in [0.1, 0.15) is 5.69 Å². The molecule has 0 bridgehead atoms. The number of hydrogen-bond acceptors (Lipinski definition) is 5. The number of hydrogen-bond donors (Lipinski definition) is 1. The van der Waals surface area contributed by atoms with Crippen molar-refractivity contribution in [2.24, 2.45) is 0 Å². The Balaban J connectivity index is 2.35. The second-order valence-electron chi connectivity index (χ2n) is 3.79. The van der Waals surface area contributed by atoms with Gasteiger partial charge in [0.25, 0.3) is 0 Å². The molecule has 2 aromatic heterocycles. The number of nitrogen functional groups attached to an aromatic ring is 1. The Morgan fingerprint density at radius 2 is 2.00 bits per heavy atom. The van der Waals surface area contributed by atoms with E-state index in [1.54, 1.807) is 0 Å². The molecule has 0 amide bonds. The van der Waals surface area contributed by atoms with Crippen molar-refractivity contribution in [3.05, 3.63) is 36.0 Å². The minimum Gasteiger partial charge on any atom is -0.367 e. The summed E-state index contributed by atoms with van der Waals surface area (Å²) in [6.45, 7) is 1.97. The van der Waals surface area contributed by atoms with E-state index in [2.05, 4.69) is 14.3 Å². The second-order valence-corrected chi connectivity index (χ2v) is 4.54. The molecule has 4 nitrogen and oxygen atoms in total. The summed E-state index contributed by atoms with van der Waals surface area (Å²) in [6.07, 6.45) is 0. The van der Waals surface area contributed by atoms with Crippen LogP contribution in [0.15, 0.2) is 30.3 Å². The Morgan fingerprint density at radius 3 is 2.76 bits per heavy atom. The smallest absolute Gasteiger partial charge is 0.232 e. The third kappa shape index (κ3) is 1.74. The van der Waals surface area contributed by atoms with E-state index in [0.717, 1.165) is 27.2 Å². The molecule has 1 aromatic carbocycles. The fourth-order valence-electron chi connectivity index (χ4n) is 1.83. The number of anilines is 1. The SMILES string of the molecule is Cc1cc(-c2nc(N)ns2)c2ccccc2n1. The lowest BCUT2D eigenvalue weighted by molar-refractivity contribution is 1.25. The maximum atomic E-state index is 5.57. The quantitative estimate of drug-likeness (QED) is 0.712. The van der Waals surface area contributed by atoms with Gasteiger partial charge < -0.3 is 5.73 Å². The van der Waals surface area contributed by atoms with Crippen LogP contribution in [0.25, 0.3) is 21.5 Å². The first-order chi connectivity index (χ1) is 8.24. The summed E-state index contributed by atoms with van der Waals surface area (Å²) in [4.78, 5) is 8.72. The summed E-state index contributed by atoms with van der Waals surface area (Å²) in [5.74, 6) is 0.323. The molecule has 3 rings (SSSR count). The van der Waals surface area contributed by atoms with Crippen LogP contribution in [-0.2, 0) is 0 Å². The van der Waals surface area contributed by atoms with E-state index < -0.39 is 0 Å². The average Bonchev–Trinajstić information content (AvgIpc) is 2.74. The van der Waals surface area contributed by atoms with Crippen LogP contribution in [-0.4, -0.2) is 14.3 Å². The molecule has 0 fully saturated rings. The highest BCUT2D eigenvalue weighted by molar-refractivity contribution is 7.09. The van der Waals surface area contributed by atoms with Crippen LogP contribution in [0.5, 0.6) is 0 Å². The monoisotopic (exact) mass is 242 g/mol. The number of aryl methyl sites for hydroxylation is 1. The molecule has 0 aliphatic heterocycles. The highest BCUT2D eigenvalue weighted by atomic mass is 32.1. The molecule has 0 atom stereocenters. The number of fused-ring (bicyclic) bond motifs is 1. The predicted molar refractivity (Wildman–Crippen MR) is 69.8 cm³/mol. The number of nitrogens with zero attached hydrogens (tertiary/aromatic N) is 3. The van der Waals surface area contributed by atoms with E-state index >= 15 is 0 Å². The van der Waals surface area contributed by atoms with Gasteiger partial charge in [-0.3, -0.25) is 4.98 Å². The molecule has 0 aliphatic rings. The van der Waals surface area contributed by atoms with Crippen LogP contribution in [0.3, 0.4) is 0 Å². The lowest BCUT2D eigenvalue weighted by atomic mass is 10.1. The van der Waals surface area contributed by atoms with Gasteiger partial charge in [0.1, 0.15) is 5.01 Å². The number of aromatic nitrogens is 3. The maximum Gasteiger partial charge on any atom is 0.232 e. The van der Waals surface area contributed by atoms with E-state index in [9.17, 15) is 0 Å². The first-order valence-electron chi connectivity index (χ1n) is 5.20. The molecule has 3 aromatic rings. The molecule has 0 aliphatic carbocycles. The fraction of sp³-hybridized carbons (Fsp3) is 0.0833. The Bertz CT molecular complexity index is 690. The molecule has 0 spiro atoms. The molecule has 0 saturated heterocycles. The lowest BCUT2D eigenvalue weighted by Gasteiger charge is -2.04. The first kappa shape index (κ1) is 10.2. The number of rotatable bonds is 1. The minimum atomic E-state index is 0.323. The van der Waals surface area contributed by atoms with Gasteiger partial charge in [-0.05, 0) is 30.6 Å². The van der Waals surface area contributed by atoms with Gasteiger partial charge in [-0.2, -0.15) is 9.36 Å². The number of benzene rings is 1. The van der Waals surface area contributed by atoms with Crippen molar-refractivity contribution < 1.29 is 0 Å². The number of pyridine rings is 1. The van der Waals surface area contributed by atoms with Crippen molar-refractivity contribution in [2.45, 2.75) is 6.92 Å². The van der Waals surface area contributed by atoms with Crippen molar-refractivity contribution in [2.75, 3.05) is 5.73 Å². The minimum absolute atomic E-state index is 0.323. The Labute approximate surface area is 102 Å². The summed E-state index contributed by atoms with van der Waals surface area (Å²) in [5, 5.41) is 1.92. The van der Waals surface area contributed by atoms with Gasteiger partial charge in [-0.15, -0.1) is 0 Å². The van der Waals surface area contributed by atoms with E-state index in [1.165, 1.54) is 11.5 Å². The van der Waals surface area contributed by atoms with Crippen molar-refractivity contribution in [3.8, 4) is 10.6 Å². The highest BCUT2D eigenvalue weighted by Gasteiger charge is 2.09. The molecular formula is C12H10N4S. The van der Waals surface area contributed by atoms with E-state index in [1.807, 2.05) is 37.3 Å². The molecule has 0 radical (unpaired) electrons. The maximum absolute atomic E-state index is 5.57. The van der Waals surface area contributed by atoms with Crippen LogP contribution < -0.4 is 5.73 Å². The zero-order valence-corrected chi connectivity index (χ0v) is 10.0. The van der Waals surface area contributed by atoms with E-state index in [-0.39, 0.29) is 0 Å². The lowest BCUT2D eigenvalue weighted by Crippen LogP contribution is -1.89. The zero-order valence-electron chi connectivity index (χ0n) is 9.21. The van der Waals surface area contributed by atoms with Crippen LogP contribution in [0, 0.1) is 6.92 Å². The van der Waals surface area contributed by atoms with Crippen LogP contribution >= 0.6 is 11.5 Å². The molecule has 2 N–H and O–H groups in total. The van der Waals surface area contributed by atoms with Crippen LogP contribution in [0.2, 0.25) is 0 Å². The summed E-state index contributed by atoms with van der Waals surface area (Å²) >= 11 is 1.31. The van der Waals surface area contributed by atoms with Crippen molar-refractivity contribution in [3.63, 3.8) is 0 Å². The third-order valence-electron chi connectivity index (χ3n) is 2.52. The fourth-order valence-corrected chi connectivity index (χ4v) is 2.45. The summed E-state index contributed by atoms with van der Waals surface area (Å²) < 4.78 is 4.02. The van der Waals surface area contributed by atoms with Gasteiger partial charge in [0.05, 0.1) is 5.52 Å². The first-order valence-corrected chi connectivity index (χ1v) is 5.97. The molecule has 84 valence electrons. The molecular weight excluding hydrogens is 232 g/mol. The molecule has 2 heterocycles. The van der Waals surface area contributed by atoms with Gasteiger partial charge in [-0.1, -0.05) is 18.2 Å². The number of nitrogens with two attached hydrogens (primary N) is 1. The second kappa shape index (κ2) is 3.78. The molecule has 0 saturated carbocycles. The van der Waals surface area contributed by atoms with Gasteiger partial charge in [-0.25, -0.2) is 0 Å². The van der Waals surface area contributed by atoms with Crippen molar-refractivity contribution >= 4 is 28.4 Å². The predicted octanol–water partition coefficient (Wildman–Crippen LogP) is 2.64. The van der Waals surface area contributed by atoms with Gasteiger partial charge in [0.15, 0.2) is 0 Å². The molecule has 0 unspecified atom stereocenters. The van der Waals surface area contributed by atoms with Gasteiger partial charge in [0, 0.05) is 16.6 Å². The topological polar surface area (TPSA) is 64.7 Å². The number of para-hydroxylation sites is 1. The van der Waals surface area contributed by atoms with Gasteiger partial charge in [0.2, 0.25) is 5.95 Å². The molecule has 5 heteroatoms. The summed E-state index contributed by atoms with van der Waals surface area (Å²) in [6, 6.07) is 10.0. The summed E-state index contributed by atoms with van der Waals surface area (Å²) in [7, 11) is 0. The highest BCUT2D eigenvalue weighted by Crippen LogP contribution is 2.29. The normalized spacial score (nSPS) is 10.9. The van der Waals surface area contributed by atoms with Crippen molar-refractivity contribution in [1.82, 2.24) is 14.3 Å². The van der Waals surface area contributed by atoms with Gasteiger partial charge >= 0.3 is 0 Å². The van der Waals surface area contributed by atoms with E-state index in [4.69, 9.17) is 5.73 Å². The third-order valence-corrected chi connectivity index (χ3v) is 3.28. The molecule has 17 heavy (non-hydrogen) atoms. The largest absolute Gasteiger partial charge is 0.367 e. The standard InChI is InChI=1S/C12H10N4S/c1-7-6-9(11-15-12(13)16-17-11)8-4-2-3-5-10(8)14-7/h2-6H,1H3,(H2,13,16). The Hall–Kier alpha value is -2.01. The van der Waals surface area contributed by atoms with Crippen LogP contribution in [0.4, 0.5) is 5.95 Å². The van der Waals surface area contributed by atoms with Crippen molar-refractivity contribution in [1.29, 1.82) is 0 Å².